The molecule has 0 aromatic carbocycles. The highest BCUT2D eigenvalue weighted by Crippen LogP contribution is 2.21. The van der Waals surface area contributed by atoms with E-state index in [1.54, 1.807) is 36.7 Å². The number of hydrogen-bond acceptors (Lipinski definition) is 8. The smallest absolute Gasteiger partial charge is 0.321 e. The lowest BCUT2D eigenvalue weighted by atomic mass is 10.0. The van der Waals surface area contributed by atoms with Crippen LogP contribution in [0.5, 0.6) is 0 Å². The number of aromatic nitrogens is 4. The van der Waals surface area contributed by atoms with E-state index in [1.165, 1.54) is 4.90 Å². The summed E-state index contributed by atoms with van der Waals surface area (Å²) in [6, 6.07) is -0.638. The van der Waals surface area contributed by atoms with E-state index >= 15 is 0 Å². The van der Waals surface area contributed by atoms with Crippen LogP contribution in [0.3, 0.4) is 0 Å². The fourth-order valence-corrected chi connectivity index (χ4v) is 3.96. The molecule has 0 spiro atoms. The Balaban J connectivity index is 1.78. The first-order valence-corrected chi connectivity index (χ1v) is 11.6. The van der Waals surface area contributed by atoms with E-state index in [0.29, 0.717) is 43.1 Å². The Labute approximate surface area is 199 Å². The molecule has 0 saturated heterocycles. The van der Waals surface area contributed by atoms with Crippen molar-refractivity contribution < 1.29 is 24.0 Å². The number of nitrogens with zero attached hydrogens (tertiary/aromatic N) is 6. The number of likely N-dealkylation sites (N-methyl/N-ethyl adjacent to an activating group) is 1. The van der Waals surface area contributed by atoms with Crippen LogP contribution in [0.1, 0.15) is 43.8 Å². The summed E-state index contributed by atoms with van der Waals surface area (Å²) in [7, 11) is 1.69. The Hall–Kier alpha value is -2.99. The number of fused-ring (bicyclic) bond motifs is 1. The number of aryl methyl sites for hydroxylation is 3. The predicted molar refractivity (Wildman–Crippen MR) is 123 cm³/mol. The fourth-order valence-electron chi connectivity index (χ4n) is 3.96. The number of rotatable bonds is 5. The predicted octanol–water partition coefficient (Wildman–Crippen LogP) is 1.57. The van der Waals surface area contributed by atoms with Gasteiger partial charge in [0.15, 0.2) is 5.76 Å². The van der Waals surface area contributed by atoms with Gasteiger partial charge in [-0.05, 0) is 27.2 Å². The van der Waals surface area contributed by atoms with Crippen LogP contribution >= 0.6 is 0 Å². The van der Waals surface area contributed by atoms with Gasteiger partial charge in [-0.2, -0.15) is 0 Å². The molecule has 2 aromatic heterocycles. The van der Waals surface area contributed by atoms with E-state index in [-0.39, 0.29) is 49.8 Å². The molecule has 0 aliphatic carbocycles. The molecule has 34 heavy (non-hydrogen) atoms. The lowest BCUT2D eigenvalue weighted by Gasteiger charge is -2.35. The zero-order chi connectivity index (χ0) is 24.8. The van der Waals surface area contributed by atoms with Crippen molar-refractivity contribution in [1.82, 2.24) is 30.0 Å². The van der Waals surface area contributed by atoms with Gasteiger partial charge < -0.3 is 29.5 Å². The molecule has 2 N–H and O–H groups in total. The van der Waals surface area contributed by atoms with Crippen molar-refractivity contribution in [3.63, 3.8) is 0 Å². The summed E-state index contributed by atoms with van der Waals surface area (Å²) < 4.78 is 13.1. The van der Waals surface area contributed by atoms with Crippen molar-refractivity contribution in [1.29, 1.82) is 0 Å². The molecule has 12 nitrogen and oxygen atoms in total. The van der Waals surface area contributed by atoms with Crippen molar-refractivity contribution in [2.24, 2.45) is 5.92 Å². The highest BCUT2D eigenvalue weighted by molar-refractivity contribution is 5.90. The quantitative estimate of drug-likeness (QED) is 0.662. The first-order chi connectivity index (χ1) is 16.2. The first-order valence-electron chi connectivity index (χ1n) is 11.6. The average Bonchev–Trinajstić information content (AvgIpc) is 3.39. The van der Waals surface area contributed by atoms with Gasteiger partial charge in [-0.25, -0.2) is 9.48 Å². The Morgan fingerprint density at radius 1 is 1.41 bits per heavy atom. The van der Waals surface area contributed by atoms with Crippen LogP contribution < -0.4 is 5.32 Å². The molecule has 3 amide bonds. The summed E-state index contributed by atoms with van der Waals surface area (Å²) >= 11 is 0. The third-order valence-electron chi connectivity index (χ3n) is 6.21. The number of urea groups is 1. The Bertz CT molecular complexity index is 955. The van der Waals surface area contributed by atoms with Crippen molar-refractivity contribution in [3.05, 3.63) is 23.3 Å². The number of carbonyl (C=O) groups excluding carboxylic acids is 2. The summed E-state index contributed by atoms with van der Waals surface area (Å²) in [5.41, 5.74) is 1.96. The number of amides is 3. The van der Waals surface area contributed by atoms with Crippen molar-refractivity contribution >= 4 is 17.6 Å². The highest BCUT2D eigenvalue weighted by Gasteiger charge is 2.29. The summed E-state index contributed by atoms with van der Waals surface area (Å²) in [6.45, 7) is 8.69. The summed E-state index contributed by atoms with van der Waals surface area (Å²) in [5.74, 6) is 0.387. The topological polar surface area (TPSA) is 139 Å². The number of ether oxygens (including phenoxy) is 1. The molecule has 3 atom stereocenters. The molecule has 0 bridgehead atoms. The number of aliphatic hydroxyl groups is 1. The Morgan fingerprint density at radius 3 is 2.85 bits per heavy atom. The number of anilines is 1. The van der Waals surface area contributed by atoms with Gasteiger partial charge in [-0.1, -0.05) is 17.3 Å². The molecule has 3 heterocycles. The maximum Gasteiger partial charge on any atom is 0.321 e. The van der Waals surface area contributed by atoms with Gasteiger partial charge in [0.1, 0.15) is 11.4 Å². The zero-order valence-electron chi connectivity index (χ0n) is 20.5. The molecule has 0 saturated carbocycles. The second-order valence-electron chi connectivity index (χ2n) is 8.97. The van der Waals surface area contributed by atoms with Crippen LogP contribution in [-0.4, -0.2) is 85.9 Å². The van der Waals surface area contributed by atoms with Crippen LogP contribution in [-0.2, 0) is 22.7 Å². The van der Waals surface area contributed by atoms with Gasteiger partial charge in [0, 0.05) is 39.0 Å². The van der Waals surface area contributed by atoms with Gasteiger partial charge in [-0.15, -0.1) is 5.10 Å². The lowest BCUT2D eigenvalue weighted by Crippen LogP contribution is -2.48. The largest absolute Gasteiger partial charge is 0.394 e. The average molecular weight is 478 g/mol. The standard InChI is InChI=1S/C22H35N7O5/c1-14-10-28(15(2)12-30)20(31)7-6-8-29-18(9-23-26-29)13-33-19(14)11-27(5)22(32)24-21-16(3)25-34-17(21)4/h9,14-15,19,30H,6-8,10-13H2,1-5H3,(H,24,32)/t14-,15-,19-/m1/s1. The third-order valence-corrected chi connectivity index (χ3v) is 6.21. The maximum atomic E-state index is 12.9. The Morgan fingerprint density at radius 2 is 2.18 bits per heavy atom. The third kappa shape index (κ3) is 6.11. The van der Waals surface area contributed by atoms with E-state index < -0.39 is 0 Å². The molecular formula is C22H35N7O5. The minimum atomic E-state index is -0.385. The second-order valence-corrected chi connectivity index (χ2v) is 8.97. The fraction of sp³-hybridized carbons (Fsp3) is 0.682. The van der Waals surface area contributed by atoms with Crippen LogP contribution in [0.4, 0.5) is 10.5 Å². The molecule has 0 unspecified atom stereocenters. The van der Waals surface area contributed by atoms with Crippen molar-refractivity contribution in [2.75, 3.05) is 32.1 Å². The monoisotopic (exact) mass is 477 g/mol. The minimum Gasteiger partial charge on any atom is -0.394 e. The summed E-state index contributed by atoms with van der Waals surface area (Å²) in [5, 5.41) is 24.5. The molecule has 12 heteroatoms. The SMILES string of the molecule is Cc1noc(C)c1NC(=O)N(C)C[C@H]1OCc2cnnn2CCCC(=O)N([C@H](C)CO)C[C@H]1C. The lowest BCUT2D eigenvalue weighted by molar-refractivity contribution is -0.136. The molecule has 3 rings (SSSR count). The summed E-state index contributed by atoms with van der Waals surface area (Å²) in [6.07, 6.45) is 2.24. The van der Waals surface area contributed by atoms with E-state index in [9.17, 15) is 14.7 Å². The van der Waals surface area contributed by atoms with Gasteiger partial charge in [0.2, 0.25) is 5.91 Å². The van der Waals surface area contributed by atoms with Crippen LogP contribution in [0.2, 0.25) is 0 Å². The van der Waals surface area contributed by atoms with E-state index in [2.05, 4.69) is 20.8 Å². The van der Waals surface area contributed by atoms with E-state index in [0.717, 1.165) is 5.69 Å². The molecule has 2 aromatic rings. The number of nitrogens with one attached hydrogen (secondary N) is 1. The van der Waals surface area contributed by atoms with Crippen molar-refractivity contribution in [2.45, 2.75) is 65.8 Å². The number of carbonyl (C=O) groups is 2. The molecule has 1 aliphatic heterocycles. The second kappa shape index (κ2) is 11.4. The van der Waals surface area contributed by atoms with Gasteiger partial charge in [0.25, 0.3) is 0 Å². The molecular weight excluding hydrogens is 442 g/mol. The number of hydrogen-bond donors (Lipinski definition) is 2. The molecule has 0 radical (unpaired) electrons. The number of aliphatic hydroxyl groups excluding tert-OH is 1. The van der Waals surface area contributed by atoms with Crippen LogP contribution in [0.25, 0.3) is 0 Å². The van der Waals surface area contributed by atoms with E-state index in [4.69, 9.17) is 9.26 Å². The minimum absolute atomic E-state index is 0.0288. The summed E-state index contributed by atoms with van der Waals surface area (Å²) in [4.78, 5) is 29.1. The molecule has 0 fully saturated rings. The van der Waals surface area contributed by atoms with Gasteiger partial charge >= 0.3 is 6.03 Å². The van der Waals surface area contributed by atoms with Crippen molar-refractivity contribution in [3.8, 4) is 0 Å². The maximum absolute atomic E-state index is 12.9. The zero-order valence-corrected chi connectivity index (χ0v) is 20.5. The van der Waals surface area contributed by atoms with Gasteiger partial charge in [0.05, 0.1) is 37.3 Å². The normalized spacial score (nSPS) is 20.8. The van der Waals surface area contributed by atoms with E-state index in [1.807, 2.05) is 13.8 Å². The first kappa shape index (κ1) is 25.6. The van der Waals surface area contributed by atoms with Crippen LogP contribution in [0.15, 0.2) is 10.7 Å². The van der Waals surface area contributed by atoms with Gasteiger partial charge in [-0.3, -0.25) is 4.79 Å². The molecule has 188 valence electrons. The molecule has 1 aliphatic rings. The Kier molecular flexibility index (Phi) is 8.61. The van der Waals surface area contributed by atoms with Crippen LogP contribution in [0, 0.1) is 19.8 Å². The highest BCUT2D eigenvalue weighted by atomic mass is 16.5.